The molecule has 0 atom stereocenters. The molecule has 1 fully saturated rings. The topological polar surface area (TPSA) is 44.5 Å². The molecule has 120 valence electrons. The lowest BCUT2D eigenvalue weighted by Crippen LogP contribution is -2.41. The van der Waals surface area contributed by atoms with Crippen LogP contribution >= 0.6 is 0 Å². The summed E-state index contributed by atoms with van der Waals surface area (Å²) in [6, 6.07) is 2.74. The normalized spacial score (nSPS) is 18.0. The van der Waals surface area contributed by atoms with Crippen molar-refractivity contribution in [2.75, 3.05) is 33.7 Å². The van der Waals surface area contributed by atoms with Crippen molar-refractivity contribution in [2.24, 2.45) is 5.92 Å². The van der Waals surface area contributed by atoms with Crippen LogP contribution < -0.4 is 5.32 Å². The van der Waals surface area contributed by atoms with Crippen LogP contribution in [-0.2, 0) is 13.1 Å². The molecular weight excluding hydrogens is 264 g/mol. The molecule has 1 aliphatic heterocycles. The summed E-state index contributed by atoms with van der Waals surface area (Å²) in [7, 11) is 4.39. The fraction of sp³-hybridized carbons (Fsp3) is 0.812. The van der Waals surface area contributed by atoms with E-state index in [9.17, 15) is 0 Å². The molecule has 0 aliphatic carbocycles. The van der Waals surface area contributed by atoms with E-state index < -0.39 is 0 Å². The van der Waals surface area contributed by atoms with Crippen LogP contribution in [-0.4, -0.2) is 54.7 Å². The number of likely N-dealkylation sites (tertiary alicyclic amines) is 1. The van der Waals surface area contributed by atoms with Gasteiger partial charge in [0.05, 0.1) is 12.2 Å². The van der Waals surface area contributed by atoms with Crippen LogP contribution in [0.15, 0.2) is 10.6 Å². The Morgan fingerprint density at radius 1 is 1.43 bits per heavy atom. The first-order valence-corrected chi connectivity index (χ1v) is 8.08. The summed E-state index contributed by atoms with van der Waals surface area (Å²) in [5, 5.41) is 7.55. The molecule has 1 aliphatic rings. The molecule has 2 rings (SSSR count). The van der Waals surface area contributed by atoms with Gasteiger partial charge in [-0.15, -0.1) is 0 Å². The minimum absolute atomic E-state index is 0.659. The lowest BCUT2D eigenvalue weighted by atomic mass is 10.0. The minimum atomic E-state index is 0.659. The van der Waals surface area contributed by atoms with Gasteiger partial charge in [-0.3, -0.25) is 4.90 Å². The maximum Gasteiger partial charge on any atom is 0.151 e. The molecular formula is C16H30N4O. The van der Waals surface area contributed by atoms with Crippen molar-refractivity contribution in [1.29, 1.82) is 0 Å². The third-order valence-corrected chi connectivity index (χ3v) is 4.18. The van der Waals surface area contributed by atoms with Gasteiger partial charge in [0.2, 0.25) is 0 Å². The van der Waals surface area contributed by atoms with Gasteiger partial charge in [0.25, 0.3) is 0 Å². The maximum absolute atomic E-state index is 5.46. The summed E-state index contributed by atoms with van der Waals surface area (Å²) in [6.45, 7) is 9.45. The van der Waals surface area contributed by atoms with Crippen molar-refractivity contribution in [2.45, 2.75) is 45.8 Å². The van der Waals surface area contributed by atoms with Gasteiger partial charge in [-0.05, 0) is 52.5 Å². The van der Waals surface area contributed by atoms with E-state index >= 15 is 0 Å². The number of aromatic nitrogens is 1. The second-order valence-corrected chi connectivity index (χ2v) is 6.76. The van der Waals surface area contributed by atoms with E-state index in [1.807, 2.05) is 0 Å². The van der Waals surface area contributed by atoms with Gasteiger partial charge < -0.3 is 14.7 Å². The monoisotopic (exact) mass is 294 g/mol. The van der Waals surface area contributed by atoms with Crippen LogP contribution in [0.5, 0.6) is 0 Å². The van der Waals surface area contributed by atoms with Gasteiger partial charge in [-0.1, -0.05) is 19.0 Å². The van der Waals surface area contributed by atoms with Crippen molar-refractivity contribution in [1.82, 2.24) is 20.3 Å². The van der Waals surface area contributed by atoms with Crippen molar-refractivity contribution < 1.29 is 4.52 Å². The first-order chi connectivity index (χ1) is 10.0. The Morgan fingerprint density at radius 3 is 2.81 bits per heavy atom. The van der Waals surface area contributed by atoms with Gasteiger partial charge >= 0.3 is 0 Å². The Bertz CT molecular complexity index is 410. The van der Waals surface area contributed by atoms with E-state index in [2.05, 4.69) is 54.3 Å². The van der Waals surface area contributed by atoms with E-state index in [-0.39, 0.29) is 0 Å². The molecule has 2 heterocycles. The molecule has 5 nitrogen and oxygen atoms in total. The summed E-state index contributed by atoms with van der Waals surface area (Å²) in [5.41, 5.74) is 1.00. The van der Waals surface area contributed by atoms with E-state index in [1.165, 1.54) is 25.9 Å². The average Bonchev–Trinajstić information content (AvgIpc) is 2.86. The average molecular weight is 294 g/mol. The number of hydrogen-bond donors (Lipinski definition) is 1. The van der Waals surface area contributed by atoms with Crippen LogP contribution in [0.2, 0.25) is 0 Å². The van der Waals surface area contributed by atoms with Gasteiger partial charge in [-0.2, -0.15) is 0 Å². The maximum atomic E-state index is 5.46. The molecule has 1 saturated heterocycles. The number of piperidine rings is 1. The summed E-state index contributed by atoms with van der Waals surface area (Å²) >= 11 is 0. The van der Waals surface area contributed by atoms with E-state index in [4.69, 9.17) is 4.52 Å². The molecule has 0 bridgehead atoms. The summed E-state index contributed by atoms with van der Waals surface area (Å²) in [5.74, 6) is 1.63. The second kappa shape index (κ2) is 7.92. The smallest absolute Gasteiger partial charge is 0.151 e. The summed E-state index contributed by atoms with van der Waals surface area (Å²) in [4.78, 5) is 4.80. The van der Waals surface area contributed by atoms with Crippen LogP contribution in [0, 0.1) is 5.92 Å². The Morgan fingerprint density at radius 2 is 2.14 bits per heavy atom. The molecule has 21 heavy (non-hydrogen) atoms. The predicted molar refractivity (Wildman–Crippen MR) is 85.0 cm³/mol. The second-order valence-electron chi connectivity index (χ2n) is 6.76. The highest BCUT2D eigenvalue weighted by Crippen LogP contribution is 2.17. The molecule has 0 aromatic carbocycles. The molecule has 1 aromatic rings. The van der Waals surface area contributed by atoms with E-state index in [0.29, 0.717) is 12.0 Å². The zero-order chi connectivity index (χ0) is 15.2. The molecule has 0 spiro atoms. The highest BCUT2D eigenvalue weighted by Gasteiger charge is 2.21. The molecule has 0 unspecified atom stereocenters. The minimum Gasteiger partial charge on any atom is -0.360 e. The lowest BCUT2D eigenvalue weighted by Gasteiger charge is -2.34. The Labute approximate surface area is 128 Å². The number of rotatable bonds is 7. The van der Waals surface area contributed by atoms with E-state index in [0.717, 1.165) is 31.1 Å². The highest BCUT2D eigenvalue weighted by molar-refractivity contribution is 5.05. The fourth-order valence-electron chi connectivity index (χ4n) is 2.81. The van der Waals surface area contributed by atoms with Gasteiger partial charge in [0.15, 0.2) is 5.76 Å². The van der Waals surface area contributed by atoms with Gasteiger partial charge in [-0.25, -0.2) is 0 Å². The molecule has 0 saturated carbocycles. The van der Waals surface area contributed by atoms with Crippen LogP contribution in [0.3, 0.4) is 0 Å². The third kappa shape index (κ3) is 5.41. The van der Waals surface area contributed by atoms with Crippen molar-refractivity contribution in [3.63, 3.8) is 0 Å². The van der Waals surface area contributed by atoms with Crippen molar-refractivity contribution in [3.05, 3.63) is 17.5 Å². The van der Waals surface area contributed by atoms with Crippen molar-refractivity contribution >= 4 is 0 Å². The highest BCUT2D eigenvalue weighted by atomic mass is 16.5. The largest absolute Gasteiger partial charge is 0.360 e. The first kappa shape index (κ1) is 16.5. The number of nitrogens with zero attached hydrogens (tertiary/aromatic N) is 3. The SMILES string of the molecule is CC(C)CNCc1cc(CN(C)C2CCN(C)CC2)on1. The van der Waals surface area contributed by atoms with Crippen molar-refractivity contribution in [3.8, 4) is 0 Å². The Hall–Kier alpha value is -0.910. The van der Waals surface area contributed by atoms with Crippen LogP contribution in [0.1, 0.15) is 38.1 Å². The molecule has 0 amide bonds. The molecule has 5 heteroatoms. The fourth-order valence-corrected chi connectivity index (χ4v) is 2.81. The molecule has 1 aromatic heterocycles. The Kier molecular flexibility index (Phi) is 6.21. The van der Waals surface area contributed by atoms with E-state index in [1.54, 1.807) is 0 Å². The lowest BCUT2D eigenvalue weighted by molar-refractivity contribution is 0.130. The van der Waals surface area contributed by atoms with Crippen LogP contribution in [0.4, 0.5) is 0 Å². The number of nitrogens with one attached hydrogen (secondary N) is 1. The quantitative estimate of drug-likeness (QED) is 0.833. The third-order valence-electron chi connectivity index (χ3n) is 4.18. The Balaban J connectivity index is 1.76. The predicted octanol–water partition coefficient (Wildman–Crippen LogP) is 1.95. The molecule has 0 radical (unpaired) electrons. The zero-order valence-corrected chi connectivity index (χ0v) is 13.9. The first-order valence-electron chi connectivity index (χ1n) is 8.08. The number of hydrogen-bond acceptors (Lipinski definition) is 5. The summed E-state index contributed by atoms with van der Waals surface area (Å²) in [6.07, 6.45) is 2.48. The van der Waals surface area contributed by atoms with Crippen LogP contribution in [0.25, 0.3) is 0 Å². The van der Waals surface area contributed by atoms with Gasteiger partial charge in [0.1, 0.15) is 0 Å². The standard InChI is InChI=1S/C16H30N4O/c1-13(2)10-17-11-14-9-16(21-18-14)12-20(4)15-5-7-19(3)8-6-15/h9,13,15,17H,5-8,10-12H2,1-4H3. The molecule has 1 N–H and O–H groups in total. The zero-order valence-electron chi connectivity index (χ0n) is 13.9. The van der Waals surface area contributed by atoms with Gasteiger partial charge in [0, 0.05) is 18.7 Å². The summed E-state index contributed by atoms with van der Waals surface area (Å²) < 4.78 is 5.46.